The number of hydrogen-bond donors (Lipinski definition) is 0. The van der Waals surface area contributed by atoms with Gasteiger partial charge in [0.15, 0.2) is 0 Å². The van der Waals surface area contributed by atoms with Crippen LogP contribution in [0.1, 0.15) is 0 Å². The van der Waals surface area contributed by atoms with Crippen LogP contribution in [-0.2, 0) is 0 Å². The van der Waals surface area contributed by atoms with Gasteiger partial charge in [-0.3, -0.25) is 0 Å². The van der Waals surface area contributed by atoms with Gasteiger partial charge in [0.2, 0.25) is 0 Å². The van der Waals surface area contributed by atoms with Crippen LogP contribution in [-0.4, -0.2) is 13.2 Å². The molecule has 0 fully saturated rings. The van der Waals surface area contributed by atoms with Gasteiger partial charge < -0.3 is 5.11 Å². The average Bonchev–Trinajstić information content (AvgIpc) is 1.61. The Hall–Kier alpha value is -0.133. The molecule has 0 aromatic carbocycles. The number of nitrogens with zero attached hydrogens (tertiary/aromatic N) is 3. The molecule has 0 aliphatic carbocycles. The van der Waals surface area contributed by atoms with Gasteiger partial charge in [-0.15, -0.1) is 6.61 Å². The van der Waals surface area contributed by atoms with E-state index in [9.17, 15) is 5.11 Å². The normalized spacial score (nSPS) is 5.86. The molecule has 0 amide bonds. The van der Waals surface area contributed by atoms with Crippen LogP contribution in [0.25, 0.3) is 10.4 Å². The molecule has 0 rings (SSSR count). The maximum atomic E-state index is 9.42. The Morgan fingerprint density at radius 2 is 2.29 bits per heavy atom. The SMILES string of the molecule is [Li+].[N-]=[N+]=NCC[O-]. The Balaban J connectivity index is 0. The fourth-order valence-electron chi connectivity index (χ4n) is 0.0855. The predicted molar refractivity (Wildman–Crippen MR) is 18.9 cm³/mol. The van der Waals surface area contributed by atoms with Crippen molar-refractivity contribution in [2.75, 3.05) is 13.2 Å². The van der Waals surface area contributed by atoms with Crippen LogP contribution >= 0.6 is 0 Å². The van der Waals surface area contributed by atoms with Crippen molar-refractivity contribution in [2.45, 2.75) is 0 Å². The van der Waals surface area contributed by atoms with E-state index < -0.39 is 0 Å². The van der Waals surface area contributed by atoms with E-state index in [0.717, 1.165) is 0 Å². The van der Waals surface area contributed by atoms with Gasteiger partial charge in [-0.05, 0) is 5.53 Å². The number of azide groups is 1. The molecule has 5 heteroatoms. The molecule has 0 unspecified atom stereocenters. The van der Waals surface area contributed by atoms with Gasteiger partial charge in [-0.2, -0.15) is 0 Å². The van der Waals surface area contributed by atoms with E-state index in [2.05, 4.69) is 10.0 Å². The molecule has 0 atom stereocenters. The summed E-state index contributed by atoms with van der Waals surface area (Å²) in [6.45, 7) is -0.249. The third-order valence-corrected chi connectivity index (χ3v) is 0.255. The molecule has 7 heavy (non-hydrogen) atoms. The van der Waals surface area contributed by atoms with E-state index in [1.54, 1.807) is 0 Å². The first kappa shape index (κ1) is 9.98. The minimum atomic E-state index is -0.315. The van der Waals surface area contributed by atoms with Crippen LogP contribution in [0.15, 0.2) is 5.11 Å². The average molecular weight is 93.0 g/mol. The van der Waals surface area contributed by atoms with Gasteiger partial charge in [-0.1, -0.05) is 5.11 Å². The minimum absolute atomic E-state index is 0. The summed E-state index contributed by atoms with van der Waals surface area (Å²) in [6.07, 6.45) is 0. The molecule has 34 valence electrons. The molecule has 0 spiro atoms. The first-order chi connectivity index (χ1) is 2.91. The Morgan fingerprint density at radius 3 is 2.43 bits per heavy atom. The summed E-state index contributed by atoms with van der Waals surface area (Å²) in [7, 11) is 0. The zero-order chi connectivity index (χ0) is 4.83. The Kier molecular flexibility index (Phi) is 13.2. The molecule has 0 bridgehead atoms. The molecule has 0 N–H and O–H groups in total. The molecule has 4 nitrogen and oxygen atoms in total. The molecule has 0 saturated heterocycles. The molecule has 0 aromatic heterocycles. The van der Waals surface area contributed by atoms with Crippen LogP contribution in [0.2, 0.25) is 0 Å². The van der Waals surface area contributed by atoms with E-state index in [0.29, 0.717) is 0 Å². The van der Waals surface area contributed by atoms with Crippen molar-refractivity contribution < 1.29 is 24.0 Å². The van der Waals surface area contributed by atoms with Gasteiger partial charge in [0.25, 0.3) is 0 Å². The van der Waals surface area contributed by atoms with Gasteiger partial charge in [0.1, 0.15) is 0 Å². The number of rotatable bonds is 2. The maximum Gasteiger partial charge on any atom is 1.00 e. The van der Waals surface area contributed by atoms with E-state index in [4.69, 9.17) is 5.53 Å². The second-order valence-corrected chi connectivity index (χ2v) is 0.659. The second kappa shape index (κ2) is 9.29. The predicted octanol–water partition coefficient (Wildman–Crippen LogP) is -3.34. The second-order valence-electron chi connectivity index (χ2n) is 0.659. The first-order valence-electron chi connectivity index (χ1n) is 1.50. The minimum Gasteiger partial charge on any atom is -0.854 e. The summed E-state index contributed by atoms with van der Waals surface area (Å²) in [6, 6.07) is 0. The fourth-order valence-corrected chi connectivity index (χ4v) is 0.0855. The summed E-state index contributed by atoms with van der Waals surface area (Å²) in [5.74, 6) is 0. The van der Waals surface area contributed by atoms with Crippen LogP contribution < -0.4 is 24.0 Å². The van der Waals surface area contributed by atoms with Gasteiger partial charge in [0, 0.05) is 11.5 Å². The van der Waals surface area contributed by atoms with Crippen molar-refractivity contribution in [1.29, 1.82) is 0 Å². The molecule has 0 heterocycles. The zero-order valence-electron chi connectivity index (χ0n) is 4.16. The van der Waals surface area contributed by atoms with Gasteiger partial charge in [-0.25, -0.2) is 0 Å². The summed E-state index contributed by atoms with van der Waals surface area (Å²) in [5.41, 5.74) is 7.52. The molecular formula is C2H4LiN3O. The van der Waals surface area contributed by atoms with Crippen molar-refractivity contribution in [3.8, 4) is 0 Å². The van der Waals surface area contributed by atoms with Crippen molar-refractivity contribution in [2.24, 2.45) is 5.11 Å². The molecule has 0 radical (unpaired) electrons. The fraction of sp³-hybridized carbons (Fsp3) is 1.00. The Morgan fingerprint density at radius 1 is 1.71 bits per heavy atom. The standard InChI is InChI=1S/C2H4N3O.Li/c3-5-4-1-2-6;/h1-2H2;/q-1;+1. The zero-order valence-corrected chi connectivity index (χ0v) is 4.16. The summed E-state index contributed by atoms with van der Waals surface area (Å²) in [5, 5.41) is 12.4. The first-order valence-corrected chi connectivity index (χ1v) is 1.50. The summed E-state index contributed by atoms with van der Waals surface area (Å²) < 4.78 is 0. The third kappa shape index (κ3) is 10.7. The Labute approximate surface area is 53.3 Å². The molecule has 0 aliphatic rings. The van der Waals surface area contributed by atoms with Crippen molar-refractivity contribution in [3.05, 3.63) is 10.4 Å². The molecule has 0 aromatic rings. The maximum absolute atomic E-state index is 9.42. The Bertz CT molecular complexity index is 69.3. The monoisotopic (exact) mass is 93.1 g/mol. The number of hydrogen-bond acceptors (Lipinski definition) is 2. The van der Waals surface area contributed by atoms with Gasteiger partial charge >= 0.3 is 18.9 Å². The van der Waals surface area contributed by atoms with Crippen molar-refractivity contribution in [1.82, 2.24) is 0 Å². The van der Waals surface area contributed by atoms with Crippen LogP contribution in [0.3, 0.4) is 0 Å². The van der Waals surface area contributed by atoms with Crippen LogP contribution in [0.5, 0.6) is 0 Å². The van der Waals surface area contributed by atoms with Crippen LogP contribution in [0.4, 0.5) is 0 Å². The topological polar surface area (TPSA) is 71.8 Å². The van der Waals surface area contributed by atoms with Crippen molar-refractivity contribution >= 4 is 0 Å². The third-order valence-electron chi connectivity index (χ3n) is 0.255. The van der Waals surface area contributed by atoms with Gasteiger partial charge in [0.05, 0.1) is 0 Å². The molecule has 0 saturated carbocycles. The summed E-state index contributed by atoms with van der Waals surface area (Å²) >= 11 is 0. The quantitative estimate of drug-likeness (QED) is 0.152. The van der Waals surface area contributed by atoms with E-state index in [1.807, 2.05) is 0 Å². The molecular weight excluding hydrogens is 89.0 g/mol. The van der Waals surface area contributed by atoms with Crippen molar-refractivity contribution in [3.63, 3.8) is 0 Å². The summed E-state index contributed by atoms with van der Waals surface area (Å²) in [4.78, 5) is 2.35. The van der Waals surface area contributed by atoms with E-state index in [1.165, 1.54) is 0 Å². The molecule has 0 aliphatic heterocycles. The van der Waals surface area contributed by atoms with Crippen LogP contribution in [0, 0.1) is 0 Å². The van der Waals surface area contributed by atoms with E-state index >= 15 is 0 Å². The smallest absolute Gasteiger partial charge is 0.854 e. The van der Waals surface area contributed by atoms with E-state index in [-0.39, 0.29) is 32.0 Å². The largest absolute Gasteiger partial charge is 1.00 e.